The Morgan fingerprint density at radius 2 is 2.28 bits per heavy atom. The number of ketones is 1. The lowest BCUT2D eigenvalue weighted by molar-refractivity contribution is -0.118. The number of Topliss-reactive ketones (excluding diaryl/α,β-unsaturated/α-hetero) is 1. The number of aliphatic hydroxyl groups is 1. The van der Waals surface area contributed by atoms with Gasteiger partial charge in [0.05, 0.1) is 17.4 Å². The molecule has 1 atom stereocenters. The number of rotatable bonds is 3. The summed E-state index contributed by atoms with van der Waals surface area (Å²) in [6, 6.07) is 2.05. The van der Waals surface area contributed by atoms with Gasteiger partial charge in [-0.05, 0) is 19.3 Å². The van der Waals surface area contributed by atoms with Gasteiger partial charge in [0.1, 0.15) is 18.3 Å². The van der Waals surface area contributed by atoms with Crippen molar-refractivity contribution in [2.45, 2.75) is 34.1 Å². The molecule has 1 aliphatic carbocycles. The second-order valence-corrected chi connectivity index (χ2v) is 5.01. The number of carbonyl (C=O) groups excluding carboxylic acids is 1. The van der Waals surface area contributed by atoms with E-state index in [1.165, 1.54) is 0 Å². The Bertz CT molecular complexity index is 455. The number of nitriles is 1. The van der Waals surface area contributed by atoms with Gasteiger partial charge < -0.3 is 9.94 Å². The van der Waals surface area contributed by atoms with E-state index in [4.69, 9.17) is 10.1 Å². The third kappa shape index (κ3) is 2.53. The highest BCUT2D eigenvalue weighted by Gasteiger charge is 2.43. The van der Waals surface area contributed by atoms with Crippen LogP contribution in [-0.2, 0) is 9.63 Å². The maximum atomic E-state index is 12.0. The number of carbonyl (C=O) groups is 1. The quantitative estimate of drug-likeness (QED) is 0.615. The van der Waals surface area contributed by atoms with E-state index in [0.29, 0.717) is 12.3 Å². The highest BCUT2D eigenvalue weighted by atomic mass is 16.6. The molecule has 0 saturated heterocycles. The first-order chi connectivity index (χ1) is 8.35. The second kappa shape index (κ2) is 5.21. The predicted octanol–water partition coefficient (Wildman–Crippen LogP) is 2.35. The molecule has 1 N–H and O–H groups in total. The van der Waals surface area contributed by atoms with Crippen LogP contribution in [0, 0.1) is 22.7 Å². The minimum atomic E-state index is -0.697. The smallest absolute Gasteiger partial charge is 0.168 e. The van der Waals surface area contributed by atoms with E-state index in [1.807, 2.05) is 6.07 Å². The molecule has 0 aromatic heterocycles. The molecule has 0 saturated carbocycles. The van der Waals surface area contributed by atoms with Crippen molar-refractivity contribution in [2.24, 2.45) is 16.5 Å². The van der Waals surface area contributed by atoms with Gasteiger partial charge in [0.2, 0.25) is 0 Å². The van der Waals surface area contributed by atoms with Crippen molar-refractivity contribution in [3.05, 3.63) is 11.3 Å². The Balaban J connectivity index is 3.25. The molecular formula is C13H18N2O3. The van der Waals surface area contributed by atoms with Crippen molar-refractivity contribution in [2.75, 3.05) is 6.61 Å². The number of nitrogens with zero attached hydrogens (tertiary/aromatic N) is 2. The standard InChI is InChI=1S/C13H18N2O3/c1-5-18-15-8(2)11-10(16)6-13(3,4)9(7-14)12(11)17/h9,17H,5-6H2,1-4H3. The first-order valence-corrected chi connectivity index (χ1v) is 5.88. The fourth-order valence-electron chi connectivity index (χ4n) is 2.09. The number of hydrogen-bond acceptors (Lipinski definition) is 5. The fraction of sp³-hybridized carbons (Fsp3) is 0.615. The van der Waals surface area contributed by atoms with Crippen molar-refractivity contribution in [1.82, 2.24) is 0 Å². The predicted molar refractivity (Wildman–Crippen MR) is 66.9 cm³/mol. The maximum absolute atomic E-state index is 12.0. The summed E-state index contributed by atoms with van der Waals surface area (Å²) in [5.41, 5.74) is -0.130. The van der Waals surface area contributed by atoms with Crippen LogP contribution in [0.15, 0.2) is 16.5 Å². The number of allylic oxidation sites excluding steroid dienone is 2. The van der Waals surface area contributed by atoms with E-state index in [-0.39, 0.29) is 23.5 Å². The molecule has 0 aromatic rings. The summed E-state index contributed by atoms with van der Waals surface area (Å²) in [6.45, 7) is 7.33. The molecule has 5 nitrogen and oxygen atoms in total. The Labute approximate surface area is 107 Å². The van der Waals surface area contributed by atoms with Gasteiger partial charge in [0.25, 0.3) is 0 Å². The Hall–Kier alpha value is -1.83. The molecule has 0 amide bonds. The summed E-state index contributed by atoms with van der Waals surface area (Å²) < 4.78 is 0. The summed E-state index contributed by atoms with van der Waals surface area (Å²) in [7, 11) is 0. The third-order valence-corrected chi connectivity index (χ3v) is 3.03. The van der Waals surface area contributed by atoms with Crippen LogP contribution in [0.25, 0.3) is 0 Å². The molecule has 1 aliphatic rings. The molecule has 0 radical (unpaired) electrons. The fourth-order valence-corrected chi connectivity index (χ4v) is 2.09. The lowest BCUT2D eigenvalue weighted by atomic mass is 9.68. The summed E-state index contributed by atoms with van der Waals surface area (Å²) in [4.78, 5) is 16.9. The van der Waals surface area contributed by atoms with Gasteiger partial charge in [-0.1, -0.05) is 19.0 Å². The molecule has 18 heavy (non-hydrogen) atoms. The van der Waals surface area contributed by atoms with Gasteiger partial charge in [0, 0.05) is 6.42 Å². The number of hydrogen-bond donors (Lipinski definition) is 1. The zero-order valence-electron chi connectivity index (χ0n) is 11.1. The molecule has 0 bridgehead atoms. The zero-order chi connectivity index (χ0) is 13.9. The van der Waals surface area contributed by atoms with Crippen LogP contribution in [0.2, 0.25) is 0 Å². The molecule has 5 heteroatoms. The van der Waals surface area contributed by atoms with Gasteiger partial charge in [0.15, 0.2) is 5.78 Å². The van der Waals surface area contributed by atoms with Crippen LogP contribution in [0.1, 0.15) is 34.1 Å². The summed E-state index contributed by atoms with van der Waals surface area (Å²) >= 11 is 0. The lowest BCUT2D eigenvalue weighted by Crippen LogP contribution is -2.36. The third-order valence-electron chi connectivity index (χ3n) is 3.03. The highest BCUT2D eigenvalue weighted by Crippen LogP contribution is 2.41. The molecule has 1 unspecified atom stereocenters. The molecule has 0 spiro atoms. The van der Waals surface area contributed by atoms with E-state index < -0.39 is 11.3 Å². The topological polar surface area (TPSA) is 82.7 Å². The van der Waals surface area contributed by atoms with Crippen LogP contribution in [0.3, 0.4) is 0 Å². The van der Waals surface area contributed by atoms with Crippen LogP contribution < -0.4 is 0 Å². The molecule has 98 valence electrons. The monoisotopic (exact) mass is 250 g/mol. The highest BCUT2D eigenvalue weighted by molar-refractivity contribution is 6.22. The van der Waals surface area contributed by atoms with Gasteiger partial charge in [-0.2, -0.15) is 5.26 Å². The SMILES string of the molecule is CCON=C(C)C1=C(O)C(C#N)C(C)(C)CC1=O. The molecule has 0 fully saturated rings. The molecule has 0 heterocycles. The minimum Gasteiger partial charge on any atom is -0.510 e. The molecule has 0 aliphatic heterocycles. The van der Waals surface area contributed by atoms with Crippen molar-refractivity contribution in [3.8, 4) is 6.07 Å². The van der Waals surface area contributed by atoms with Crippen molar-refractivity contribution in [3.63, 3.8) is 0 Å². The Morgan fingerprint density at radius 1 is 1.67 bits per heavy atom. The van der Waals surface area contributed by atoms with Crippen LogP contribution >= 0.6 is 0 Å². The number of aliphatic hydroxyl groups excluding tert-OH is 1. The van der Waals surface area contributed by atoms with E-state index in [0.717, 1.165) is 0 Å². The van der Waals surface area contributed by atoms with Gasteiger partial charge in [-0.25, -0.2) is 0 Å². The van der Waals surface area contributed by atoms with Crippen LogP contribution in [0.4, 0.5) is 0 Å². The molecule has 0 aromatic carbocycles. The normalized spacial score (nSPS) is 23.8. The summed E-state index contributed by atoms with van der Waals surface area (Å²) in [6.07, 6.45) is 0.212. The van der Waals surface area contributed by atoms with Gasteiger partial charge >= 0.3 is 0 Å². The van der Waals surface area contributed by atoms with Crippen molar-refractivity contribution < 1.29 is 14.7 Å². The average molecular weight is 250 g/mol. The minimum absolute atomic E-state index is 0.120. The van der Waals surface area contributed by atoms with E-state index >= 15 is 0 Å². The van der Waals surface area contributed by atoms with Gasteiger partial charge in [-0.15, -0.1) is 0 Å². The van der Waals surface area contributed by atoms with Crippen LogP contribution in [0.5, 0.6) is 0 Å². The Morgan fingerprint density at radius 3 is 2.78 bits per heavy atom. The van der Waals surface area contributed by atoms with E-state index in [2.05, 4.69) is 5.16 Å². The maximum Gasteiger partial charge on any atom is 0.168 e. The average Bonchev–Trinajstić information content (AvgIpc) is 2.24. The second-order valence-electron chi connectivity index (χ2n) is 5.01. The first-order valence-electron chi connectivity index (χ1n) is 5.88. The summed E-state index contributed by atoms with van der Waals surface area (Å²) in [5.74, 6) is -1.10. The number of oxime groups is 1. The largest absolute Gasteiger partial charge is 0.510 e. The summed E-state index contributed by atoms with van der Waals surface area (Å²) in [5, 5.41) is 23.0. The Kier molecular flexibility index (Phi) is 4.12. The van der Waals surface area contributed by atoms with E-state index in [9.17, 15) is 9.90 Å². The van der Waals surface area contributed by atoms with Gasteiger partial charge in [-0.3, -0.25) is 4.79 Å². The first kappa shape index (κ1) is 14.2. The van der Waals surface area contributed by atoms with E-state index in [1.54, 1.807) is 27.7 Å². The molecule has 1 rings (SSSR count). The lowest BCUT2D eigenvalue weighted by Gasteiger charge is -2.33. The zero-order valence-corrected chi connectivity index (χ0v) is 11.1. The van der Waals surface area contributed by atoms with Crippen LogP contribution in [-0.4, -0.2) is 23.2 Å². The van der Waals surface area contributed by atoms with Crippen molar-refractivity contribution in [1.29, 1.82) is 5.26 Å². The molecular weight excluding hydrogens is 232 g/mol. The van der Waals surface area contributed by atoms with Crippen molar-refractivity contribution >= 4 is 11.5 Å².